The summed E-state index contributed by atoms with van der Waals surface area (Å²) < 4.78 is 11.2. The van der Waals surface area contributed by atoms with Gasteiger partial charge in [0.1, 0.15) is 6.61 Å². The summed E-state index contributed by atoms with van der Waals surface area (Å²) in [5.74, 6) is 1.71. The lowest BCUT2D eigenvalue weighted by atomic mass is 10.1. The van der Waals surface area contributed by atoms with E-state index in [0.29, 0.717) is 6.61 Å². The molecular formula is C29H44N2O3. The fourth-order valence-electron chi connectivity index (χ4n) is 3.33. The summed E-state index contributed by atoms with van der Waals surface area (Å²) in [5.41, 5.74) is 3.42. The van der Waals surface area contributed by atoms with Crippen LogP contribution in [0.4, 0.5) is 5.69 Å². The second kappa shape index (κ2) is 16.8. The molecule has 1 saturated heterocycles. The molecule has 2 aromatic carbocycles. The van der Waals surface area contributed by atoms with Gasteiger partial charge in [-0.15, -0.1) is 0 Å². The molecule has 5 heteroatoms. The molecule has 1 aliphatic rings. The van der Waals surface area contributed by atoms with Gasteiger partial charge in [-0.25, -0.2) is 0 Å². The zero-order chi connectivity index (χ0) is 25.3. The Balaban J connectivity index is 0.000000330. The molecule has 0 bridgehead atoms. The normalized spacial score (nSPS) is 12.9. The second-order valence-corrected chi connectivity index (χ2v) is 8.63. The first-order valence-corrected chi connectivity index (χ1v) is 12.3. The number of rotatable bonds is 8. The Kier molecular flexibility index (Phi) is 14.4. The average molecular weight is 469 g/mol. The molecule has 0 aromatic heterocycles. The van der Waals surface area contributed by atoms with Crippen molar-refractivity contribution in [1.82, 2.24) is 4.90 Å². The minimum absolute atomic E-state index is 0.0817. The molecule has 0 unspecified atom stereocenters. The number of aryl methyl sites for hydroxylation is 1. The van der Waals surface area contributed by atoms with Gasteiger partial charge in [-0.3, -0.25) is 9.69 Å². The average Bonchev–Trinajstić information content (AvgIpc) is 3.33. The van der Waals surface area contributed by atoms with Crippen LogP contribution >= 0.6 is 0 Å². The lowest BCUT2D eigenvalue weighted by Crippen LogP contribution is -2.25. The van der Waals surface area contributed by atoms with Crippen molar-refractivity contribution in [2.24, 2.45) is 0 Å². The molecule has 1 aliphatic heterocycles. The fourth-order valence-corrected chi connectivity index (χ4v) is 3.33. The van der Waals surface area contributed by atoms with Crippen molar-refractivity contribution in [3.8, 4) is 11.5 Å². The highest BCUT2D eigenvalue weighted by Crippen LogP contribution is 2.31. The second-order valence-electron chi connectivity index (χ2n) is 8.63. The van der Waals surface area contributed by atoms with E-state index in [4.69, 9.17) is 9.47 Å². The molecule has 0 radical (unpaired) electrons. The van der Waals surface area contributed by atoms with Gasteiger partial charge in [0.05, 0.1) is 7.11 Å². The number of ether oxygens (including phenoxy) is 2. The van der Waals surface area contributed by atoms with Crippen LogP contribution in [-0.4, -0.2) is 58.1 Å². The molecular weight excluding hydrogens is 424 g/mol. The maximum Gasteiger partial charge on any atom is 0.163 e. The van der Waals surface area contributed by atoms with Crippen LogP contribution in [0.3, 0.4) is 0 Å². The van der Waals surface area contributed by atoms with E-state index < -0.39 is 0 Å². The van der Waals surface area contributed by atoms with Crippen molar-refractivity contribution in [3.05, 3.63) is 59.7 Å². The maximum atomic E-state index is 10.6. The van der Waals surface area contributed by atoms with Crippen molar-refractivity contribution >= 4 is 17.5 Å². The number of benzene rings is 2. The van der Waals surface area contributed by atoms with Crippen molar-refractivity contribution < 1.29 is 14.3 Å². The Bertz CT molecular complexity index is 871. The molecule has 0 aliphatic carbocycles. The number of likely N-dealkylation sites (tertiary alicyclic amines) is 1. The summed E-state index contributed by atoms with van der Waals surface area (Å²) >= 11 is 0. The zero-order valence-electron chi connectivity index (χ0n) is 22.3. The highest BCUT2D eigenvalue weighted by atomic mass is 16.5. The Labute approximate surface area is 207 Å². The number of nitrogens with zero attached hydrogens (tertiary/aromatic N) is 2. The number of carbonyl (C=O) groups is 1. The summed E-state index contributed by atoms with van der Waals surface area (Å²) in [6, 6.07) is 14.0. The van der Waals surface area contributed by atoms with Crippen LogP contribution in [-0.2, 0) is 4.79 Å². The molecule has 0 spiro atoms. The number of carbonyl (C=O) groups excluding carboxylic acids is 1. The predicted molar refractivity (Wildman–Crippen MR) is 145 cm³/mol. The first-order valence-electron chi connectivity index (χ1n) is 12.3. The van der Waals surface area contributed by atoms with Crippen molar-refractivity contribution in [2.45, 2.75) is 47.0 Å². The van der Waals surface area contributed by atoms with Gasteiger partial charge in [-0.1, -0.05) is 50.6 Å². The zero-order valence-corrected chi connectivity index (χ0v) is 22.3. The summed E-state index contributed by atoms with van der Waals surface area (Å²) in [7, 11) is 5.73. The van der Waals surface area contributed by atoms with E-state index in [1.54, 1.807) is 20.1 Å². The minimum atomic E-state index is 0.0817. The number of anilines is 1. The summed E-state index contributed by atoms with van der Waals surface area (Å²) in [4.78, 5) is 15.2. The third-order valence-corrected chi connectivity index (χ3v) is 5.21. The van der Waals surface area contributed by atoms with Crippen molar-refractivity contribution in [1.29, 1.82) is 0 Å². The quantitative estimate of drug-likeness (QED) is 0.428. The first kappa shape index (κ1) is 29.2. The van der Waals surface area contributed by atoms with Crippen LogP contribution in [0.1, 0.15) is 51.2 Å². The molecule has 5 nitrogen and oxygen atoms in total. The summed E-state index contributed by atoms with van der Waals surface area (Å²) in [5, 5.41) is 0. The lowest BCUT2D eigenvalue weighted by Gasteiger charge is -2.18. The highest BCUT2D eigenvalue weighted by Gasteiger charge is 2.12. The van der Waals surface area contributed by atoms with Crippen LogP contribution in [0, 0.1) is 6.92 Å². The maximum absolute atomic E-state index is 10.6. The van der Waals surface area contributed by atoms with E-state index in [-0.39, 0.29) is 5.78 Å². The Morgan fingerprint density at radius 2 is 1.71 bits per heavy atom. The van der Waals surface area contributed by atoms with Crippen LogP contribution in [0.5, 0.6) is 11.5 Å². The number of allylic oxidation sites excluding steroid dienone is 1. The number of methoxy groups -OCH3 is 1. The van der Waals surface area contributed by atoms with Gasteiger partial charge in [-0.2, -0.15) is 0 Å². The van der Waals surface area contributed by atoms with Crippen molar-refractivity contribution in [3.63, 3.8) is 0 Å². The van der Waals surface area contributed by atoms with Gasteiger partial charge in [-0.05, 0) is 69.1 Å². The Morgan fingerprint density at radius 3 is 2.26 bits per heavy atom. The molecule has 188 valence electrons. The van der Waals surface area contributed by atoms with Crippen LogP contribution in [0.25, 0.3) is 6.08 Å². The van der Waals surface area contributed by atoms with E-state index in [9.17, 15) is 4.79 Å². The van der Waals surface area contributed by atoms with Crippen molar-refractivity contribution in [2.75, 3.05) is 52.3 Å². The van der Waals surface area contributed by atoms with Gasteiger partial charge < -0.3 is 14.4 Å². The fraction of sp³-hybridized carbons (Fsp3) is 0.483. The smallest absolute Gasteiger partial charge is 0.163 e. The SMILES string of the molecule is CC(=O)/C=C\c1ccccc1C.CCC.COc1ccc(N(C)C)cc1OCCN1CCCC1. The summed E-state index contributed by atoms with van der Waals surface area (Å²) in [6.07, 6.45) is 7.32. The van der Waals surface area contributed by atoms with E-state index >= 15 is 0 Å². The molecule has 34 heavy (non-hydrogen) atoms. The minimum Gasteiger partial charge on any atom is -0.493 e. The standard InChI is InChI=1S/C15H24N2O2.C11H12O.C3H8/c1-16(2)13-6-7-14(18-3)15(12-13)19-11-10-17-8-4-5-9-17;1-9-5-3-4-6-11(9)8-7-10(2)12;1-3-2/h6-7,12H,4-5,8-11H2,1-3H3;3-8H,1-2H3;3H2,1-2H3/b;8-7-;. The largest absolute Gasteiger partial charge is 0.493 e. The van der Waals surface area contributed by atoms with Gasteiger partial charge >= 0.3 is 0 Å². The Morgan fingerprint density at radius 1 is 1.06 bits per heavy atom. The summed E-state index contributed by atoms with van der Waals surface area (Å²) in [6.45, 7) is 12.0. The molecule has 1 heterocycles. The number of hydrogen-bond acceptors (Lipinski definition) is 5. The number of hydrogen-bond donors (Lipinski definition) is 0. The predicted octanol–water partition coefficient (Wildman–Crippen LogP) is 6.25. The lowest BCUT2D eigenvalue weighted by molar-refractivity contribution is -0.112. The van der Waals surface area contributed by atoms with Gasteiger partial charge in [0, 0.05) is 32.4 Å². The molecule has 0 saturated carbocycles. The van der Waals surface area contributed by atoms with Gasteiger partial charge in [0.2, 0.25) is 0 Å². The molecule has 0 amide bonds. The first-order chi connectivity index (χ1) is 16.3. The molecule has 1 fully saturated rings. The van der Waals surface area contributed by atoms with Crippen LogP contribution in [0.15, 0.2) is 48.5 Å². The van der Waals surface area contributed by atoms with Crippen LogP contribution < -0.4 is 14.4 Å². The van der Waals surface area contributed by atoms with E-state index in [1.807, 2.05) is 69.6 Å². The highest BCUT2D eigenvalue weighted by molar-refractivity contribution is 5.91. The van der Waals surface area contributed by atoms with E-state index in [1.165, 1.54) is 37.9 Å². The van der Waals surface area contributed by atoms with Gasteiger partial charge in [0.15, 0.2) is 17.3 Å². The Hall–Kier alpha value is -2.79. The molecule has 0 atom stereocenters. The topological polar surface area (TPSA) is 42.0 Å². The monoisotopic (exact) mass is 468 g/mol. The van der Waals surface area contributed by atoms with Gasteiger partial charge in [0.25, 0.3) is 0 Å². The molecule has 0 N–H and O–H groups in total. The number of ketones is 1. The molecule has 3 rings (SSSR count). The van der Waals surface area contributed by atoms with E-state index in [0.717, 1.165) is 29.3 Å². The molecule has 2 aromatic rings. The third-order valence-electron chi connectivity index (χ3n) is 5.21. The van der Waals surface area contributed by atoms with E-state index in [2.05, 4.69) is 23.6 Å². The third kappa shape index (κ3) is 11.4. The van der Waals surface area contributed by atoms with Crippen LogP contribution in [0.2, 0.25) is 0 Å².